The van der Waals surface area contributed by atoms with Gasteiger partial charge < -0.3 is 10.2 Å². The SMILES string of the molecule is Cc1ccc(CN(C(=O)CN(c2cccc(Cl)c2C)S(C)(=O)=O)[C@@H](Cc2ccccc2)C(=O)NCC(C)C)cc1. The number of benzene rings is 3. The van der Waals surface area contributed by atoms with Crippen molar-refractivity contribution in [3.05, 3.63) is 100 Å². The molecule has 0 saturated carbocycles. The number of rotatable bonds is 12. The van der Waals surface area contributed by atoms with Crippen molar-refractivity contribution in [2.45, 2.75) is 46.7 Å². The number of hydrogen-bond donors (Lipinski definition) is 1. The van der Waals surface area contributed by atoms with Crippen LogP contribution in [0.2, 0.25) is 5.02 Å². The molecule has 7 nitrogen and oxygen atoms in total. The first kappa shape index (κ1) is 31.2. The summed E-state index contributed by atoms with van der Waals surface area (Å²) in [5.41, 5.74) is 3.65. The van der Waals surface area contributed by atoms with Gasteiger partial charge >= 0.3 is 0 Å². The molecule has 0 fully saturated rings. The highest BCUT2D eigenvalue weighted by atomic mass is 35.5. The van der Waals surface area contributed by atoms with Crippen molar-refractivity contribution < 1.29 is 18.0 Å². The number of halogens is 1. The van der Waals surface area contributed by atoms with Gasteiger partial charge in [0.05, 0.1) is 11.9 Å². The zero-order valence-corrected chi connectivity index (χ0v) is 25.3. The maximum atomic E-state index is 14.1. The van der Waals surface area contributed by atoms with Crippen molar-refractivity contribution in [3.63, 3.8) is 0 Å². The smallest absolute Gasteiger partial charge is 0.244 e. The topological polar surface area (TPSA) is 86.8 Å². The summed E-state index contributed by atoms with van der Waals surface area (Å²) in [5.74, 6) is -0.567. The highest BCUT2D eigenvalue weighted by Gasteiger charge is 2.33. The first-order chi connectivity index (χ1) is 18.9. The van der Waals surface area contributed by atoms with Crippen LogP contribution in [0, 0.1) is 19.8 Å². The maximum absolute atomic E-state index is 14.1. The number of nitrogens with zero attached hydrogens (tertiary/aromatic N) is 2. The van der Waals surface area contributed by atoms with E-state index in [1.165, 1.54) is 4.90 Å². The van der Waals surface area contributed by atoms with E-state index >= 15 is 0 Å². The fraction of sp³-hybridized carbons (Fsp3) is 0.355. The van der Waals surface area contributed by atoms with E-state index in [9.17, 15) is 18.0 Å². The van der Waals surface area contributed by atoms with Gasteiger partial charge in [0.1, 0.15) is 12.6 Å². The van der Waals surface area contributed by atoms with E-state index in [-0.39, 0.29) is 24.8 Å². The highest BCUT2D eigenvalue weighted by molar-refractivity contribution is 7.92. The Balaban J connectivity index is 2.07. The summed E-state index contributed by atoms with van der Waals surface area (Å²) >= 11 is 6.30. The molecule has 3 aromatic carbocycles. The van der Waals surface area contributed by atoms with Crippen molar-refractivity contribution in [1.29, 1.82) is 0 Å². The fourth-order valence-electron chi connectivity index (χ4n) is 4.33. The van der Waals surface area contributed by atoms with Gasteiger partial charge in [0.25, 0.3) is 0 Å². The van der Waals surface area contributed by atoms with Crippen LogP contribution in [0.1, 0.15) is 36.1 Å². The molecule has 0 heterocycles. The van der Waals surface area contributed by atoms with E-state index in [0.717, 1.165) is 27.3 Å². The number of anilines is 1. The molecule has 1 atom stereocenters. The Kier molecular flexibility index (Phi) is 10.8. The molecule has 0 radical (unpaired) electrons. The normalized spacial score (nSPS) is 12.2. The number of sulfonamides is 1. The van der Waals surface area contributed by atoms with E-state index in [4.69, 9.17) is 11.6 Å². The molecule has 0 aromatic heterocycles. The Hall–Kier alpha value is -3.36. The summed E-state index contributed by atoms with van der Waals surface area (Å²) in [6.07, 6.45) is 1.33. The lowest BCUT2D eigenvalue weighted by Crippen LogP contribution is -2.53. The molecular formula is C31H38ClN3O4S. The molecule has 0 bridgehead atoms. The van der Waals surface area contributed by atoms with Crippen LogP contribution in [0.3, 0.4) is 0 Å². The minimum absolute atomic E-state index is 0.137. The van der Waals surface area contributed by atoms with Crippen LogP contribution >= 0.6 is 11.6 Å². The van der Waals surface area contributed by atoms with Gasteiger partial charge in [0.2, 0.25) is 21.8 Å². The molecule has 0 aliphatic carbocycles. The second kappa shape index (κ2) is 13.8. The standard InChI is InChI=1S/C31H38ClN3O4S/c1-22(2)19-33-31(37)29(18-25-10-7-6-8-11-25)34(20-26-16-14-23(3)15-17-26)30(36)21-35(40(5,38)39)28-13-9-12-27(32)24(28)4/h6-17,22,29H,18-21H2,1-5H3,(H,33,37)/t29-/m0/s1. The Morgan fingerprint density at radius 1 is 0.900 bits per heavy atom. The Labute approximate surface area is 243 Å². The minimum Gasteiger partial charge on any atom is -0.354 e. The monoisotopic (exact) mass is 583 g/mol. The van der Waals surface area contributed by atoms with Gasteiger partial charge in [-0.3, -0.25) is 13.9 Å². The minimum atomic E-state index is -3.86. The van der Waals surface area contributed by atoms with Crippen LogP contribution in [0.4, 0.5) is 5.69 Å². The molecule has 2 amide bonds. The second-order valence-electron chi connectivity index (χ2n) is 10.5. The summed E-state index contributed by atoms with van der Waals surface area (Å²) in [4.78, 5) is 29.3. The molecule has 214 valence electrons. The third-order valence-corrected chi connectivity index (χ3v) is 8.15. The van der Waals surface area contributed by atoms with Gasteiger partial charge in [-0.2, -0.15) is 0 Å². The lowest BCUT2D eigenvalue weighted by Gasteiger charge is -2.34. The van der Waals surface area contributed by atoms with Gasteiger partial charge in [0, 0.05) is 24.5 Å². The van der Waals surface area contributed by atoms with E-state index in [2.05, 4.69) is 5.32 Å². The number of aryl methyl sites for hydroxylation is 1. The quantitative estimate of drug-likeness (QED) is 0.320. The van der Waals surface area contributed by atoms with Crippen molar-refractivity contribution in [1.82, 2.24) is 10.2 Å². The van der Waals surface area contributed by atoms with E-state index < -0.39 is 28.5 Å². The van der Waals surface area contributed by atoms with Gasteiger partial charge in [-0.1, -0.05) is 91.7 Å². The Bertz CT molecular complexity index is 1410. The summed E-state index contributed by atoms with van der Waals surface area (Å²) in [5, 5.41) is 3.38. The molecule has 0 aliphatic rings. The third-order valence-electron chi connectivity index (χ3n) is 6.62. The van der Waals surface area contributed by atoms with Crippen molar-refractivity contribution >= 4 is 39.1 Å². The van der Waals surface area contributed by atoms with E-state index in [1.54, 1.807) is 25.1 Å². The molecule has 0 spiro atoms. The molecule has 3 rings (SSSR count). The molecule has 9 heteroatoms. The van der Waals surface area contributed by atoms with Crippen molar-refractivity contribution in [2.24, 2.45) is 5.92 Å². The molecule has 40 heavy (non-hydrogen) atoms. The lowest BCUT2D eigenvalue weighted by molar-refractivity contribution is -0.140. The Morgan fingerprint density at radius 2 is 1.55 bits per heavy atom. The predicted octanol–water partition coefficient (Wildman–Crippen LogP) is 5.14. The van der Waals surface area contributed by atoms with Gasteiger partial charge in [-0.25, -0.2) is 8.42 Å². The molecule has 0 unspecified atom stereocenters. The van der Waals surface area contributed by atoms with Crippen molar-refractivity contribution in [3.8, 4) is 0 Å². The maximum Gasteiger partial charge on any atom is 0.244 e. The number of carbonyl (C=O) groups excluding carboxylic acids is 2. The molecule has 1 N–H and O–H groups in total. The van der Waals surface area contributed by atoms with Crippen LogP contribution in [0.25, 0.3) is 0 Å². The third kappa shape index (κ3) is 8.57. The zero-order valence-electron chi connectivity index (χ0n) is 23.7. The summed E-state index contributed by atoms with van der Waals surface area (Å²) in [7, 11) is -3.86. The van der Waals surface area contributed by atoms with E-state index in [1.807, 2.05) is 75.4 Å². The molecule has 0 saturated heterocycles. The number of hydrogen-bond acceptors (Lipinski definition) is 4. The lowest BCUT2D eigenvalue weighted by atomic mass is 10.0. The summed E-state index contributed by atoms with van der Waals surface area (Å²) in [6, 6.07) is 21.3. The first-order valence-electron chi connectivity index (χ1n) is 13.3. The zero-order chi connectivity index (χ0) is 29.4. The van der Waals surface area contributed by atoms with E-state index in [0.29, 0.717) is 22.8 Å². The fourth-order valence-corrected chi connectivity index (χ4v) is 5.40. The highest BCUT2D eigenvalue weighted by Crippen LogP contribution is 2.28. The van der Waals surface area contributed by atoms with Gasteiger partial charge in [-0.15, -0.1) is 0 Å². The second-order valence-corrected chi connectivity index (χ2v) is 12.8. The average molecular weight is 584 g/mol. The van der Waals surface area contributed by atoms with Gasteiger partial charge in [0.15, 0.2) is 0 Å². The van der Waals surface area contributed by atoms with Crippen LogP contribution in [0.5, 0.6) is 0 Å². The molecule has 0 aliphatic heterocycles. The van der Waals surface area contributed by atoms with Crippen molar-refractivity contribution in [2.75, 3.05) is 23.7 Å². The van der Waals surface area contributed by atoms with Crippen LogP contribution in [-0.2, 0) is 32.6 Å². The van der Waals surface area contributed by atoms with Crippen LogP contribution in [-0.4, -0.2) is 50.5 Å². The largest absolute Gasteiger partial charge is 0.354 e. The first-order valence-corrected chi connectivity index (χ1v) is 15.5. The number of carbonyl (C=O) groups is 2. The number of amides is 2. The summed E-state index contributed by atoms with van der Waals surface area (Å²) in [6.45, 7) is 7.79. The number of nitrogens with one attached hydrogen (secondary N) is 1. The average Bonchev–Trinajstić information content (AvgIpc) is 2.90. The summed E-state index contributed by atoms with van der Waals surface area (Å²) < 4.78 is 27.0. The van der Waals surface area contributed by atoms with Gasteiger partial charge in [-0.05, 0) is 48.6 Å². The molecular weight excluding hydrogens is 546 g/mol. The molecule has 3 aromatic rings. The van der Waals surface area contributed by atoms with Crippen LogP contribution in [0.15, 0.2) is 72.8 Å². The Morgan fingerprint density at radius 3 is 2.15 bits per heavy atom. The van der Waals surface area contributed by atoms with Crippen LogP contribution < -0.4 is 9.62 Å². The predicted molar refractivity (Wildman–Crippen MR) is 162 cm³/mol.